The van der Waals surface area contributed by atoms with Gasteiger partial charge in [-0.2, -0.15) is 13.2 Å². The molecule has 0 aliphatic rings. The number of hydrogen-bond donors (Lipinski definition) is 2. The molecule has 0 saturated carbocycles. The van der Waals surface area contributed by atoms with Crippen molar-refractivity contribution in [1.29, 1.82) is 5.41 Å². The number of nitrogens with one attached hydrogen (secondary N) is 2. The number of halogens is 4. The first kappa shape index (κ1) is 26.6. The van der Waals surface area contributed by atoms with Crippen molar-refractivity contribution in [2.75, 3.05) is 5.32 Å². The van der Waals surface area contributed by atoms with Crippen LogP contribution in [0.4, 0.5) is 24.5 Å². The van der Waals surface area contributed by atoms with Crippen LogP contribution in [0.25, 0.3) is 0 Å². The van der Waals surface area contributed by atoms with Gasteiger partial charge in [0.05, 0.1) is 22.1 Å². The maximum absolute atomic E-state index is 13.1. The van der Waals surface area contributed by atoms with Crippen LogP contribution >= 0.6 is 11.6 Å². The summed E-state index contributed by atoms with van der Waals surface area (Å²) in [5.41, 5.74) is -0.135. The molecule has 4 aromatic rings. The zero-order valence-corrected chi connectivity index (χ0v) is 20.6. The second kappa shape index (κ2) is 11.7. The highest BCUT2D eigenvalue weighted by Gasteiger charge is 2.35. The summed E-state index contributed by atoms with van der Waals surface area (Å²) in [6.07, 6.45) is -5.55. The number of carbonyl (C=O) groups is 1. The molecule has 1 amide bonds. The first-order valence-corrected chi connectivity index (χ1v) is 11.8. The van der Waals surface area contributed by atoms with Gasteiger partial charge in [-0.3, -0.25) is 9.79 Å². The van der Waals surface area contributed by atoms with Crippen LogP contribution in [0.1, 0.15) is 22.3 Å². The van der Waals surface area contributed by atoms with Crippen LogP contribution in [-0.2, 0) is 0 Å². The third-order valence-electron chi connectivity index (χ3n) is 5.38. The van der Waals surface area contributed by atoms with E-state index in [-0.39, 0.29) is 22.0 Å². The maximum Gasteiger partial charge on any atom is 0.429 e. The highest BCUT2D eigenvalue weighted by Crippen LogP contribution is 2.30. The molecule has 4 aromatic carbocycles. The lowest BCUT2D eigenvalue weighted by Gasteiger charge is -2.13. The molecule has 0 aliphatic carbocycles. The van der Waals surface area contributed by atoms with E-state index in [0.29, 0.717) is 22.7 Å². The Morgan fingerprint density at radius 2 is 1.45 bits per heavy atom. The third kappa shape index (κ3) is 6.86. The molecule has 0 radical (unpaired) electrons. The van der Waals surface area contributed by atoms with Crippen molar-refractivity contribution in [2.45, 2.75) is 12.6 Å². The number of hydrogen-bond acceptors (Lipinski definition) is 4. The van der Waals surface area contributed by atoms with Gasteiger partial charge < -0.3 is 15.5 Å². The Balaban J connectivity index is 1.57. The molecule has 4 rings (SSSR count). The van der Waals surface area contributed by atoms with Crippen LogP contribution in [0.3, 0.4) is 0 Å². The molecular formula is C29H21ClF3N3O2. The van der Waals surface area contributed by atoms with Gasteiger partial charge in [0.2, 0.25) is 0 Å². The summed E-state index contributed by atoms with van der Waals surface area (Å²) in [5.74, 6) is 0.616. The summed E-state index contributed by atoms with van der Waals surface area (Å²) in [6.45, 7) is 0. The van der Waals surface area contributed by atoms with Crippen molar-refractivity contribution in [3.05, 3.63) is 119 Å². The van der Waals surface area contributed by atoms with E-state index in [1.54, 1.807) is 60.7 Å². The minimum absolute atomic E-state index is 0.00556. The molecule has 0 saturated heterocycles. The predicted molar refractivity (Wildman–Crippen MR) is 143 cm³/mol. The Labute approximate surface area is 222 Å². The smallest absolute Gasteiger partial charge is 0.429 e. The highest BCUT2D eigenvalue weighted by molar-refractivity contribution is 6.33. The average molecular weight is 536 g/mol. The van der Waals surface area contributed by atoms with E-state index >= 15 is 0 Å². The second-order valence-electron chi connectivity index (χ2n) is 8.11. The lowest BCUT2D eigenvalue weighted by atomic mass is 10.0. The van der Waals surface area contributed by atoms with E-state index in [2.05, 4.69) is 10.3 Å². The van der Waals surface area contributed by atoms with E-state index < -0.39 is 24.2 Å². The molecule has 2 N–H and O–H groups in total. The fourth-order valence-electron chi connectivity index (χ4n) is 3.44. The van der Waals surface area contributed by atoms with Gasteiger partial charge in [0.25, 0.3) is 5.91 Å². The van der Waals surface area contributed by atoms with Crippen molar-refractivity contribution >= 4 is 40.3 Å². The van der Waals surface area contributed by atoms with Crippen LogP contribution in [0.2, 0.25) is 5.02 Å². The van der Waals surface area contributed by atoms with Gasteiger partial charge in [0, 0.05) is 12.0 Å². The number of rotatable bonds is 8. The van der Waals surface area contributed by atoms with Crippen molar-refractivity contribution in [3.63, 3.8) is 0 Å². The number of amides is 1. The Morgan fingerprint density at radius 1 is 0.842 bits per heavy atom. The molecule has 9 heteroatoms. The number of carbonyl (C=O) groups excluding carboxylic acids is 1. The number of anilines is 1. The van der Waals surface area contributed by atoms with E-state index in [1.807, 2.05) is 18.2 Å². The number of nitrogens with zero attached hydrogens (tertiary/aromatic N) is 1. The summed E-state index contributed by atoms with van der Waals surface area (Å²) in [6, 6.07) is 28.4. The first-order chi connectivity index (χ1) is 18.2. The van der Waals surface area contributed by atoms with E-state index in [0.717, 1.165) is 0 Å². The summed E-state index contributed by atoms with van der Waals surface area (Å²) >= 11 is 6.14. The Morgan fingerprint density at radius 3 is 2.13 bits per heavy atom. The number of alkyl halides is 3. The minimum Gasteiger partial charge on any atom is -0.455 e. The summed E-state index contributed by atoms with van der Waals surface area (Å²) in [7, 11) is 0. The summed E-state index contributed by atoms with van der Waals surface area (Å²) in [5, 5.41) is 10.5. The normalized spacial score (nSPS) is 11.6. The van der Waals surface area contributed by atoms with E-state index in [1.165, 1.54) is 24.3 Å². The quantitative estimate of drug-likeness (QED) is 0.222. The SMILES string of the molecule is N=C(CC(=Nc1ccccc1Cl)c1ccc(C(=O)Nc2ccccc2Oc2ccccc2)cc1)C(F)(F)F. The molecule has 0 unspecified atom stereocenters. The molecule has 0 fully saturated rings. The van der Waals surface area contributed by atoms with Gasteiger partial charge >= 0.3 is 6.18 Å². The summed E-state index contributed by atoms with van der Waals surface area (Å²) in [4.78, 5) is 17.2. The van der Waals surface area contributed by atoms with Crippen LogP contribution in [-0.4, -0.2) is 23.5 Å². The van der Waals surface area contributed by atoms with Gasteiger partial charge in [-0.05, 0) is 54.1 Å². The van der Waals surface area contributed by atoms with Crippen LogP contribution in [0.5, 0.6) is 11.5 Å². The molecule has 38 heavy (non-hydrogen) atoms. The Hall–Kier alpha value is -4.43. The van der Waals surface area contributed by atoms with Crippen molar-refractivity contribution in [2.24, 2.45) is 4.99 Å². The molecule has 0 aromatic heterocycles. The summed E-state index contributed by atoms with van der Waals surface area (Å²) < 4.78 is 45.2. The van der Waals surface area contributed by atoms with Gasteiger partial charge in [-0.1, -0.05) is 66.2 Å². The fraction of sp³-hybridized carbons (Fsp3) is 0.0690. The lowest BCUT2D eigenvalue weighted by molar-refractivity contribution is -0.0605. The average Bonchev–Trinajstić information content (AvgIpc) is 2.90. The van der Waals surface area contributed by atoms with Crippen molar-refractivity contribution in [3.8, 4) is 11.5 Å². The van der Waals surface area contributed by atoms with E-state index in [9.17, 15) is 18.0 Å². The number of aliphatic imine (C=N–C) groups is 1. The van der Waals surface area contributed by atoms with Gasteiger partial charge in [0.15, 0.2) is 5.75 Å². The Bertz CT molecular complexity index is 1470. The largest absolute Gasteiger partial charge is 0.455 e. The lowest BCUT2D eigenvalue weighted by Crippen LogP contribution is -2.25. The van der Waals surface area contributed by atoms with Crippen molar-refractivity contribution in [1.82, 2.24) is 0 Å². The van der Waals surface area contributed by atoms with E-state index in [4.69, 9.17) is 21.7 Å². The number of ether oxygens (including phenoxy) is 1. The second-order valence-corrected chi connectivity index (χ2v) is 8.51. The predicted octanol–water partition coefficient (Wildman–Crippen LogP) is 8.48. The van der Waals surface area contributed by atoms with Gasteiger partial charge in [0.1, 0.15) is 11.5 Å². The third-order valence-corrected chi connectivity index (χ3v) is 5.70. The Kier molecular flexibility index (Phi) is 8.23. The van der Waals surface area contributed by atoms with Crippen LogP contribution in [0, 0.1) is 5.41 Å². The fourth-order valence-corrected chi connectivity index (χ4v) is 3.62. The monoisotopic (exact) mass is 535 g/mol. The first-order valence-electron chi connectivity index (χ1n) is 11.4. The molecule has 5 nitrogen and oxygen atoms in total. The highest BCUT2D eigenvalue weighted by atomic mass is 35.5. The minimum atomic E-state index is -4.80. The standard InChI is InChI=1S/C29H21ClF3N3O2/c30-22-10-4-5-11-23(22)35-25(18-27(34)29(31,32)33)19-14-16-20(17-15-19)28(37)36-24-12-6-7-13-26(24)38-21-8-2-1-3-9-21/h1-17,34H,18H2,(H,36,37). The molecule has 0 heterocycles. The molecule has 0 bridgehead atoms. The van der Waals surface area contributed by atoms with Crippen molar-refractivity contribution < 1.29 is 22.7 Å². The molecule has 0 atom stereocenters. The molecule has 0 spiro atoms. The van der Waals surface area contributed by atoms with Gasteiger partial charge in [-0.25, -0.2) is 0 Å². The van der Waals surface area contributed by atoms with Gasteiger partial charge in [-0.15, -0.1) is 0 Å². The maximum atomic E-state index is 13.1. The zero-order valence-electron chi connectivity index (χ0n) is 19.8. The molecule has 192 valence electrons. The van der Waals surface area contributed by atoms with Crippen LogP contribution < -0.4 is 10.1 Å². The molecule has 0 aliphatic heterocycles. The number of benzene rings is 4. The molecular weight excluding hydrogens is 515 g/mol. The number of para-hydroxylation sites is 4. The van der Waals surface area contributed by atoms with Crippen LogP contribution in [0.15, 0.2) is 108 Å². The topological polar surface area (TPSA) is 74.5 Å². The zero-order chi connectivity index (χ0) is 27.1.